The van der Waals surface area contributed by atoms with Crippen molar-refractivity contribution in [3.05, 3.63) is 0 Å². The van der Waals surface area contributed by atoms with Crippen LogP contribution in [0.5, 0.6) is 0 Å². The number of rotatable bonds is 3. The average Bonchev–Trinajstić information content (AvgIpc) is 1.83. The van der Waals surface area contributed by atoms with Crippen LogP contribution in [0.3, 0.4) is 0 Å². The Balaban J connectivity index is 0. The molecule has 56 valence electrons. The molecule has 0 unspecified atom stereocenters. The first-order valence-corrected chi connectivity index (χ1v) is 2.19. The molecule has 0 saturated heterocycles. The van der Waals surface area contributed by atoms with Crippen molar-refractivity contribution in [3.63, 3.8) is 0 Å². The van der Waals surface area contributed by atoms with Crippen molar-refractivity contribution in [2.75, 3.05) is 13.7 Å². The van der Waals surface area contributed by atoms with E-state index < -0.39 is 0 Å². The first-order valence-electron chi connectivity index (χ1n) is 2.19. The largest absolute Gasteiger partial charge is 0.469 e. The van der Waals surface area contributed by atoms with Gasteiger partial charge in [0.05, 0.1) is 20.1 Å². The summed E-state index contributed by atoms with van der Waals surface area (Å²) in [5.74, 6) is 4.31. The summed E-state index contributed by atoms with van der Waals surface area (Å²) in [7, 11) is 1.32. The van der Waals surface area contributed by atoms with E-state index in [9.17, 15) is 4.79 Å². The second-order valence-corrected chi connectivity index (χ2v) is 1.20. The lowest BCUT2D eigenvalue weighted by atomic mass is 10.5. The lowest BCUT2D eigenvalue weighted by molar-refractivity contribution is -0.141. The molecule has 0 aromatic rings. The second kappa shape index (κ2) is 7.68. The van der Waals surface area contributed by atoms with Gasteiger partial charge in [0.25, 0.3) is 0 Å². The van der Waals surface area contributed by atoms with Crippen LogP contribution in [0.1, 0.15) is 6.42 Å². The van der Waals surface area contributed by atoms with Gasteiger partial charge >= 0.3 is 5.97 Å². The maximum Gasteiger partial charge on any atom is 0.307 e. The molecule has 0 aliphatic rings. The van der Waals surface area contributed by atoms with Crippen LogP contribution < -0.4 is 5.90 Å². The van der Waals surface area contributed by atoms with Crippen molar-refractivity contribution in [2.24, 2.45) is 5.90 Å². The van der Waals surface area contributed by atoms with E-state index >= 15 is 0 Å². The molecule has 0 aliphatic carbocycles. The summed E-state index contributed by atoms with van der Waals surface area (Å²) in [5.41, 5.74) is 0. The van der Waals surface area contributed by atoms with Gasteiger partial charge in [0.15, 0.2) is 0 Å². The summed E-state index contributed by atoms with van der Waals surface area (Å²) in [5, 5.41) is 0. The third kappa shape index (κ3) is 7.68. The van der Waals surface area contributed by atoms with Gasteiger partial charge in [0.1, 0.15) is 0 Å². The molecular formula is C4H10ClNO3. The number of ether oxygens (including phenoxy) is 1. The summed E-state index contributed by atoms with van der Waals surface area (Å²) >= 11 is 0. The number of hydrogen-bond acceptors (Lipinski definition) is 4. The molecule has 4 nitrogen and oxygen atoms in total. The van der Waals surface area contributed by atoms with E-state index in [4.69, 9.17) is 0 Å². The lowest BCUT2D eigenvalue weighted by Crippen LogP contribution is -2.08. The van der Waals surface area contributed by atoms with Gasteiger partial charge in [-0.3, -0.25) is 4.79 Å². The van der Waals surface area contributed by atoms with Crippen molar-refractivity contribution in [1.29, 1.82) is 0 Å². The fraction of sp³-hybridized carbons (Fsp3) is 0.750. The Labute approximate surface area is 59.7 Å². The molecule has 5 heteroatoms. The minimum absolute atomic E-state index is 0. The molecular weight excluding hydrogens is 146 g/mol. The maximum absolute atomic E-state index is 10.2. The van der Waals surface area contributed by atoms with Crippen molar-refractivity contribution < 1.29 is 14.4 Å². The zero-order valence-corrected chi connectivity index (χ0v) is 5.94. The molecule has 0 atom stereocenters. The third-order valence-electron chi connectivity index (χ3n) is 0.652. The normalized spacial score (nSPS) is 7.78. The summed E-state index contributed by atoms with van der Waals surface area (Å²) in [6.07, 6.45) is 0.215. The van der Waals surface area contributed by atoms with E-state index in [-0.39, 0.29) is 31.4 Å². The highest BCUT2D eigenvalue weighted by Crippen LogP contribution is 1.80. The van der Waals surface area contributed by atoms with Gasteiger partial charge in [-0.2, -0.15) is 0 Å². The van der Waals surface area contributed by atoms with Crippen LogP contribution in [-0.4, -0.2) is 19.7 Å². The van der Waals surface area contributed by atoms with E-state index in [0.29, 0.717) is 0 Å². The fourth-order valence-electron chi connectivity index (χ4n) is 0.244. The standard InChI is InChI=1S/C4H9NO3.ClH/c1-7-4(6)2-3-8-5;/h2-3,5H2,1H3;1H. The predicted molar refractivity (Wildman–Crippen MR) is 34.0 cm³/mol. The number of carbonyl (C=O) groups excluding carboxylic acids is 1. The number of methoxy groups -OCH3 is 1. The third-order valence-corrected chi connectivity index (χ3v) is 0.652. The van der Waals surface area contributed by atoms with E-state index in [1.807, 2.05) is 0 Å². The average molecular weight is 156 g/mol. The molecule has 0 fully saturated rings. The molecule has 0 saturated carbocycles. The minimum Gasteiger partial charge on any atom is -0.469 e. The summed E-state index contributed by atoms with van der Waals surface area (Å²) in [6.45, 7) is 0.215. The highest BCUT2D eigenvalue weighted by molar-refractivity contribution is 5.85. The van der Waals surface area contributed by atoms with Gasteiger partial charge in [-0.15, -0.1) is 12.4 Å². The van der Waals surface area contributed by atoms with Gasteiger partial charge in [-0.25, -0.2) is 5.90 Å². The van der Waals surface area contributed by atoms with Crippen molar-refractivity contribution in [1.82, 2.24) is 0 Å². The number of esters is 1. The summed E-state index contributed by atoms with van der Waals surface area (Å²) < 4.78 is 4.28. The second-order valence-electron chi connectivity index (χ2n) is 1.20. The Hall–Kier alpha value is -0.320. The highest BCUT2D eigenvalue weighted by Gasteiger charge is 1.96. The Kier molecular flexibility index (Phi) is 9.79. The van der Waals surface area contributed by atoms with E-state index in [1.165, 1.54) is 7.11 Å². The Morgan fingerprint density at radius 2 is 2.22 bits per heavy atom. The quantitative estimate of drug-likeness (QED) is 0.455. The Morgan fingerprint density at radius 1 is 1.67 bits per heavy atom. The van der Waals surface area contributed by atoms with Crippen LogP contribution >= 0.6 is 12.4 Å². The van der Waals surface area contributed by atoms with Crippen LogP contribution in [0.4, 0.5) is 0 Å². The fourth-order valence-corrected chi connectivity index (χ4v) is 0.244. The zero-order chi connectivity index (χ0) is 6.41. The molecule has 0 rings (SSSR count). The first kappa shape index (κ1) is 11.5. The maximum atomic E-state index is 10.2. The van der Waals surface area contributed by atoms with Crippen LogP contribution in [0, 0.1) is 0 Å². The number of nitrogens with two attached hydrogens (primary N) is 1. The molecule has 0 radical (unpaired) electrons. The number of carbonyl (C=O) groups is 1. The van der Waals surface area contributed by atoms with E-state index in [1.54, 1.807) is 0 Å². The molecule has 2 N–H and O–H groups in total. The predicted octanol–water partition coefficient (Wildman–Crippen LogP) is -0.138. The number of halogens is 1. The minimum atomic E-state index is -0.310. The monoisotopic (exact) mass is 155 g/mol. The molecule has 0 aromatic carbocycles. The highest BCUT2D eigenvalue weighted by atomic mass is 35.5. The lowest BCUT2D eigenvalue weighted by Gasteiger charge is -1.94. The Bertz CT molecular complexity index is 78.2. The van der Waals surface area contributed by atoms with Crippen LogP contribution in [0.15, 0.2) is 0 Å². The summed E-state index contributed by atoms with van der Waals surface area (Å²) in [6, 6.07) is 0. The first-order chi connectivity index (χ1) is 3.81. The summed E-state index contributed by atoms with van der Waals surface area (Å²) in [4.78, 5) is 14.3. The zero-order valence-electron chi connectivity index (χ0n) is 5.12. The molecule has 0 spiro atoms. The van der Waals surface area contributed by atoms with Gasteiger partial charge < -0.3 is 9.57 Å². The van der Waals surface area contributed by atoms with Crippen LogP contribution in [0.2, 0.25) is 0 Å². The van der Waals surface area contributed by atoms with Gasteiger partial charge in [-0.1, -0.05) is 0 Å². The SMILES string of the molecule is COC(=O)CCON.Cl. The smallest absolute Gasteiger partial charge is 0.307 e. The topological polar surface area (TPSA) is 61.5 Å². The number of hydrogen-bond donors (Lipinski definition) is 1. The molecule has 0 heterocycles. The molecule has 9 heavy (non-hydrogen) atoms. The molecule has 0 aliphatic heterocycles. The van der Waals surface area contributed by atoms with Crippen LogP contribution in [0.25, 0.3) is 0 Å². The van der Waals surface area contributed by atoms with E-state index in [0.717, 1.165) is 0 Å². The van der Waals surface area contributed by atoms with E-state index in [2.05, 4.69) is 15.5 Å². The van der Waals surface area contributed by atoms with Gasteiger partial charge in [0, 0.05) is 0 Å². The van der Waals surface area contributed by atoms with Gasteiger partial charge in [0.2, 0.25) is 0 Å². The molecule has 0 aromatic heterocycles. The van der Waals surface area contributed by atoms with Crippen LogP contribution in [-0.2, 0) is 14.4 Å². The van der Waals surface area contributed by atoms with Crippen molar-refractivity contribution in [2.45, 2.75) is 6.42 Å². The Morgan fingerprint density at radius 3 is 2.56 bits per heavy atom. The van der Waals surface area contributed by atoms with Gasteiger partial charge in [-0.05, 0) is 0 Å². The molecule has 0 amide bonds. The molecule has 0 bridgehead atoms. The van der Waals surface area contributed by atoms with Crippen molar-refractivity contribution >= 4 is 18.4 Å². The van der Waals surface area contributed by atoms with Crippen molar-refractivity contribution in [3.8, 4) is 0 Å².